The Morgan fingerprint density at radius 1 is 1.45 bits per heavy atom. The third-order valence-corrected chi connectivity index (χ3v) is 4.43. The van der Waals surface area contributed by atoms with Crippen LogP contribution in [0.4, 0.5) is 0 Å². The van der Waals surface area contributed by atoms with Gasteiger partial charge >= 0.3 is 0 Å². The Balaban J connectivity index is 1.95. The normalized spacial score (nSPS) is 20.9. The molecular weight excluding hydrogens is 248 g/mol. The van der Waals surface area contributed by atoms with Crippen molar-refractivity contribution in [2.45, 2.75) is 65.0 Å². The molecule has 1 aromatic heterocycles. The highest BCUT2D eigenvalue weighted by Gasteiger charge is 2.24. The summed E-state index contributed by atoms with van der Waals surface area (Å²) in [5, 5.41) is 3.39. The van der Waals surface area contributed by atoms with Crippen molar-refractivity contribution >= 4 is 6.34 Å². The largest absolute Gasteiger partial charge is 0.372 e. The molecule has 0 spiro atoms. The monoisotopic (exact) mass is 276 g/mol. The van der Waals surface area contributed by atoms with Crippen LogP contribution in [0.1, 0.15) is 58.1 Å². The fraction of sp³-hybridized carbons (Fsp3) is 0.750. The van der Waals surface area contributed by atoms with Crippen molar-refractivity contribution in [2.75, 3.05) is 6.54 Å². The van der Waals surface area contributed by atoms with Crippen LogP contribution in [-0.4, -0.2) is 28.5 Å². The summed E-state index contributed by atoms with van der Waals surface area (Å²) >= 11 is 0. The zero-order chi connectivity index (χ0) is 14.4. The van der Waals surface area contributed by atoms with Crippen molar-refractivity contribution in [3.05, 3.63) is 18.2 Å². The SMILES string of the molecule is CCCCn1cncc1C(C)CC(CC)C1CN=CN1. The first-order valence-corrected chi connectivity index (χ1v) is 8.00. The highest BCUT2D eigenvalue weighted by molar-refractivity contribution is 5.57. The Hall–Kier alpha value is -1.32. The van der Waals surface area contributed by atoms with E-state index in [1.165, 1.54) is 31.4 Å². The van der Waals surface area contributed by atoms with Crippen LogP contribution in [0.2, 0.25) is 0 Å². The second-order valence-electron chi connectivity index (χ2n) is 5.94. The number of rotatable bonds is 8. The molecule has 4 nitrogen and oxygen atoms in total. The molecule has 1 aromatic rings. The van der Waals surface area contributed by atoms with Crippen LogP contribution in [0.3, 0.4) is 0 Å². The van der Waals surface area contributed by atoms with Crippen LogP contribution in [0.5, 0.6) is 0 Å². The van der Waals surface area contributed by atoms with Gasteiger partial charge in [0.15, 0.2) is 0 Å². The number of aryl methyl sites for hydroxylation is 1. The molecule has 4 heteroatoms. The Morgan fingerprint density at radius 3 is 2.95 bits per heavy atom. The first-order valence-electron chi connectivity index (χ1n) is 8.00. The van der Waals surface area contributed by atoms with Gasteiger partial charge in [-0.3, -0.25) is 4.99 Å². The minimum absolute atomic E-state index is 0.523. The number of aliphatic imine (C=N–C) groups is 1. The lowest BCUT2D eigenvalue weighted by Gasteiger charge is -2.25. The number of hydrogen-bond donors (Lipinski definition) is 1. The molecule has 0 aromatic carbocycles. The van der Waals surface area contributed by atoms with E-state index >= 15 is 0 Å². The maximum Gasteiger partial charge on any atom is 0.0948 e. The van der Waals surface area contributed by atoms with E-state index in [1.807, 2.05) is 18.9 Å². The number of nitrogens with zero attached hydrogens (tertiary/aromatic N) is 3. The minimum Gasteiger partial charge on any atom is -0.372 e. The maximum atomic E-state index is 4.35. The van der Waals surface area contributed by atoms with Crippen molar-refractivity contribution in [2.24, 2.45) is 10.9 Å². The number of unbranched alkanes of at least 4 members (excludes halogenated alkanes) is 1. The van der Waals surface area contributed by atoms with E-state index in [-0.39, 0.29) is 0 Å². The lowest BCUT2D eigenvalue weighted by Crippen LogP contribution is -2.34. The topological polar surface area (TPSA) is 42.2 Å². The summed E-state index contributed by atoms with van der Waals surface area (Å²) < 4.78 is 2.33. The van der Waals surface area contributed by atoms with Gasteiger partial charge in [-0.15, -0.1) is 0 Å². The molecule has 2 heterocycles. The number of nitrogens with one attached hydrogen (secondary N) is 1. The predicted octanol–water partition coefficient (Wildman–Crippen LogP) is 3.20. The van der Waals surface area contributed by atoms with Crippen LogP contribution in [0, 0.1) is 5.92 Å². The minimum atomic E-state index is 0.523. The summed E-state index contributed by atoms with van der Waals surface area (Å²) in [4.78, 5) is 8.66. The predicted molar refractivity (Wildman–Crippen MR) is 84.2 cm³/mol. The maximum absolute atomic E-state index is 4.35. The number of aromatic nitrogens is 2. The van der Waals surface area contributed by atoms with Crippen molar-refractivity contribution in [3.8, 4) is 0 Å². The fourth-order valence-electron chi connectivity index (χ4n) is 3.10. The van der Waals surface area contributed by atoms with E-state index in [0.29, 0.717) is 17.9 Å². The molecule has 0 radical (unpaired) electrons. The standard InChI is InChI=1S/C16H28N4/c1-4-6-7-20-12-18-10-16(20)13(3)8-14(5-2)15-9-17-11-19-15/h10-15H,4-9H2,1-3H3,(H,17,19). The molecule has 0 saturated heterocycles. The second kappa shape index (κ2) is 7.46. The molecule has 1 aliphatic heterocycles. The Kier molecular flexibility index (Phi) is 5.62. The van der Waals surface area contributed by atoms with Crippen molar-refractivity contribution < 1.29 is 0 Å². The molecule has 112 valence electrons. The van der Waals surface area contributed by atoms with E-state index in [1.54, 1.807) is 0 Å². The van der Waals surface area contributed by atoms with Crippen LogP contribution in [-0.2, 0) is 6.54 Å². The smallest absolute Gasteiger partial charge is 0.0948 e. The number of hydrogen-bond acceptors (Lipinski definition) is 3. The molecule has 2 rings (SSSR count). The third kappa shape index (κ3) is 3.62. The number of imidazole rings is 1. The van der Waals surface area contributed by atoms with E-state index in [4.69, 9.17) is 0 Å². The summed E-state index contributed by atoms with van der Waals surface area (Å²) in [5.74, 6) is 1.24. The molecule has 3 unspecified atom stereocenters. The fourth-order valence-corrected chi connectivity index (χ4v) is 3.10. The van der Waals surface area contributed by atoms with Gasteiger partial charge in [-0.1, -0.05) is 33.6 Å². The van der Waals surface area contributed by atoms with Gasteiger partial charge in [0.05, 0.1) is 19.2 Å². The average Bonchev–Trinajstić information content (AvgIpc) is 3.13. The Morgan fingerprint density at radius 2 is 2.30 bits per heavy atom. The van der Waals surface area contributed by atoms with Gasteiger partial charge in [0.2, 0.25) is 0 Å². The summed E-state index contributed by atoms with van der Waals surface area (Å²) in [6.07, 6.45) is 10.8. The van der Waals surface area contributed by atoms with Gasteiger partial charge in [0, 0.05) is 24.5 Å². The molecule has 3 atom stereocenters. The van der Waals surface area contributed by atoms with Crippen molar-refractivity contribution in [1.82, 2.24) is 14.9 Å². The molecule has 0 amide bonds. The zero-order valence-corrected chi connectivity index (χ0v) is 13.0. The van der Waals surface area contributed by atoms with Crippen molar-refractivity contribution in [1.29, 1.82) is 0 Å². The first-order chi connectivity index (χ1) is 9.76. The summed E-state index contributed by atoms with van der Waals surface area (Å²) in [7, 11) is 0. The van der Waals surface area contributed by atoms with Gasteiger partial charge in [0.25, 0.3) is 0 Å². The van der Waals surface area contributed by atoms with E-state index in [0.717, 1.165) is 13.1 Å². The summed E-state index contributed by atoms with van der Waals surface area (Å²) in [6, 6.07) is 0.523. The lowest BCUT2D eigenvalue weighted by molar-refractivity contribution is 0.349. The molecular formula is C16H28N4. The lowest BCUT2D eigenvalue weighted by atomic mass is 9.86. The molecule has 0 saturated carbocycles. The molecule has 0 aliphatic carbocycles. The van der Waals surface area contributed by atoms with Gasteiger partial charge in [-0.05, 0) is 24.7 Å². The van der Waals surface area contributed by atoms with Crippen molar-refractivity contribution in [3.63, 3.8) is 0 Å². The van der Waals surface area contributed by atoms with Gasteiger partial charge in [-0.2, -0.15) is 0 Å². The molecule has 0 bridgehead atoms. The summed E-state index contributed by atoms with van der Waals surface area (Å²) in [6.45, 7) is 8.88. The second-order valence-corrected chi connectivity index (χ2v) is 5.94. The van der Waals surface area contributed by atoms with E-state index in [2.05, 4.69) is 40.6 Å². The van der Waals surface area contributed by atoms with E-state index in [9.17, 15) is 0 Å². The molecule has 1 aliphatic rings. The zero-order valence-electron chi connectivity index (χ0n) is 13.0. The quantitative estimate of drug-likeness (QED) is 0.792. The third-order valence-electron chi connectivity index (χ3n) is 4.43. The molecule has 0 fully saturated rings. The highest BCUT2D eigenvalue weighted by atomic mass is 15.1. The summed E-state index contributed by atoms with van der Waals surface area (Å²) in [5.41, 5.74) is 1.39. The van der Waals surface area contributed by atoms with Crippen LogP contribution < -0.4 is 5.32 Å². The van der Waals surface area contributed by atoms with Gasteiger partial charge < -0.3 is 9.88 Å². The van der Waals surface area contributed by atoms with Gasteiger partial charge in [-0.25, -0.2) is 4.98 Å². The molecule has 20 heavy (non-hydrogen) atoms. The molecule has 1 N–H and O–H groups in total. The first kappa shape index (κ1) is 15.1. The Bertz CT molecular complexity index is 416. The Labute approximate surface area is 122 Å². The van der Waals surface area contributed by atoms with Crippen LogP contribution >= 0.6 is 0 Å². The highest BCUT2D eigenvalue weighted by Crippen LogP contribution is 2.27. The average molecular weight is 276 g/mol. The van der Waals surface area contributed by atoms with Crippen LogP contribution in [0.15, 0.2) is 17.5 Å². The van der Waals surface area contributed by atoms with E-state index < -0.39 is 0 Å². The van der Waals surface area contributed by atoms with Gasteiger partial charge in [0.1, 0.15) is 0 Å². The van der Waals surface area contributed by atoms with Crippen LogP contribution in [0.25, 0.3) is 0 Å².